The van der Waals surface area contributed by atoms with Crippen molar-refractivity contribution in [1.82, 2.24) is 9.36 Å². The van der Waals surface area contributed by atoms with Gasteiger partial charge in [0, 0.05) is 5.56 Å². The zero-order chi connectivity index (χ0) is 16.2. The Labute approximate surface area is 140 Å². The number of pyridine rings is 1. The smallest absolute Gasteiger partial charge is 0.417 e. The molecule has 0 fully saturated rings. The normalized spacial score (nSPS) is 13.7. The Balaban J connectivity index is 1.94. The van der Waals surface area contributed by atoms with Crippen LogP contribution in [-0.4, -0.2) is 16.2 Å². The van der Waals surface area contributed by atoms with Crippen molar-refractivity contribution in [1.29, 1.82) is 0 Å². The van der Waals surface area contributed by atoms with E-state index in [1.54, 1.807) is 18.2 Å². The van der Waals surface area contributed by atoms with Crippen molar-refractivity contribution in [2.24, 2.45) is 0 Å². The largest absolute Gasteiger partial charge is 0.454 e. The van der Waals surface area contributed by atoms with Crippen molar-refractivity contribution in [3.05, 3.63) is 34.4 Å². The minimum atomic E-state index is -4.50. The molecule has 0 unspecified atom stereocenters. The van der Waals surface area contributed by atoms with E-state index in [-0.39, 0.29) is 27.3 Å². The van der Waals surface area contributed by atoms with E-state index in [1.807, 2.05) is 0 Å². The zero-order valence-electron chi connectivity index (χ0n) is 11.1. The van der Waals surface area contributed by atoms with Gasteiger partial charge in [-0.2, -0.15) is 17.5 Å². The average molecular weight is 403 g/mol. The van der Waals surface area contributed by atoms with Crippen LogP contribution in [0.5, 0.6) is 11.5 Å². The highest BCUT2D eigenvalue weighted by Gasteiger charge is 2.35. The maximum absolute atomic E-state index is 13.4. The molecule has 0 aliphatic carbocycles. The second-order valence-corrected chi connectivity index (χ2v) is 6.28. The lowest BCUT2D eigenvalue weighted by Gasteiger charge is -2.10. The molecular formula is C14H6BrF3N2O2S. The van der Waals surface area contributed by atoms with E-state index in [0.29, 0.717) is 17.1 Å². The number of hydrogen-bond acceptors (Lipinski definition) is 5. The van der Waals surface area contributed by atoms with Crippen LogP contribution >= 0.6 is 27.5 Å². The van der Waals surface area contributed by atoms with E-state index in [0.717, 1.165) is 17.6 Å². The highest BCUT2D eigenvalue weighted by molar-refractivity contribution is 9.10. The van der Waals surface area contributed by atoms with Crippen LogP contribution in [0, 0.1) is 0 Å². The Morgan fingerprint density at radius 1 is 1.13 bits per heavy atom. The summed E-state index contributed by atoms with van der Waals surface area (Å²) in [6.45, 7) is 0.0981. The van der Waals surface area contributed by atoms with Gasteiger partial charge >= 0.3 is 6.18 Å². The van der Waals surface area contributed by atoms with Crippen molar-refractivity contribution in [3.63, 3.8) is 0 Å². The van der Waals surface area contributed by atoms with Crippen LogP contribution in [0.1, 0.15) is 5.56 Å². The van der Waals surface area contributed by atoms with Gasteiger partial charge in [0.25, 0.3) is 0 Å². The Bertz CT molecular complexity index is 926. The Morgan fingerprint density at radius 3 is 2.70 bits per heavy atom. The maximum atomic E-state index is 13.4. The zero-order valence-corrected chi connectivity index (χ0v) is 13.6. The summed E-state index contributed by atoms with van der Waals surface area (Å²) in [5, 5.41) is -0.0213. The number of benzene rings is 1. The topological polar surface area (TPSA) is 44.2 Å². The average Bonchev–Trinajstić information content (AvgIpc) is 3.11. The molecule has 0 radical (unpaired) electrons. The van der Waals surface area contributed by atoms with E-state index in [9.17, 15) is 13.2 Å². The predicted octanol–water partition coefficient (Wildman–Crippen LogP) is 4.87. The second-order valence-electron chi connectivity index (χ2n) is 4.77. The van der Waals surface area contributed by atoms with Gasteiger partial charge in [-0.25, -0.2) is 4.98 Å². The Hall–Kier alpha value is -1.87. The van der Waals surface area contributed by atoms with Crippen molar-refractivity contribution >= 4 is 37.7 Å². The summed E-state index contributed by atoms with van der Waals surface area (Å²) >= 11 is 3.97. The minimum absolute atomic E-state index is 0.0213. The van der Waals surface area contributed by atoms with Gasteiger partial charge in [0.1, 0.15) is 9.43 Å². The quantitative estimate of drug-likeness (QED) is 0.582. The second kappa shape index (κ2) is 5.07. The van der Waals surface area contributed by atoms with E-state index in [4.69, 9.17) is 9.47 Å². The molecule has 0 atom stereocenters. The van der Waals surface area contributed by atoms with Gasteiger partial charge in [-0.1, -0.05) is 0 Å². The number of rotatable bonds is 1. The van der Waals surface area contributed by atoms with Crippen molar-refractivity contribution in [2.75, 3.05) is 6.79 Å². The number of ether oxygens (including phenoxy) is 2. The van der Waals surface area contributed by atoms with Gasteiger partial charge in [0.05, 0.1) is 16.6 Å². The fraction of sp³-hybridized carbons (Fsp3) is 0.143. The highest BCUT2D eigenvalue weighted by atomic mass is 79.9. The molecule has 118 valence electrons. The minimum Gasteiger partial charge on any atom is -0.454 e. The SMILES string of the molecule is FC(F)(F)c1cc(-c2ccc3c(c2)OCO3)nc2snc(Br)c12. The van der Waals surface area contributed by atoms with Crippen LogP contribution in [0.25, 0.3) is 21.5 Å². The molecule has 0 spiro atoms. The third-order valence-electron chi connectivity index (χ3n) is 3.38. The molecule has 4 nitrogen and oxygen atoms in total. The predicted molar refractivity (Wildman–Crippen MR) is 81.7 cm³/mol. The van der Waals surface area contributed by atoms with Crippen LogP contribution in [0.15, 0.2) is 28.9 Å². The fourth-order valence-electron chi connectivity index (χ4n) is 2.34. The van der Waals surface area contributed by atoms with Crippen LogP contribution in [-0.2, 0) is 6.18 Å². The standard InChI is InChI=1S/C14H6BrF3N2O2S/c15-12-11-7(14(16,17)18)4-8(19-13(11)23-20-12)6-1-2-9-10(3-6)22-5-21-9/h1-4H,5H2. The molecule has 1 aliphatic heterocycles. The molecule has 0 bridgehead atoms. The molecule has 0 saturated carbocycles. The van der Waals surface area contributed by atoms with Crippen molar-refractivity contribution in [3.8, 4) is 22.8 Å². The van der Waals surface area contributed by atoms with E-state index >= 15 is 0 Å². The first kappa shape index (κ1) is 14.7. The third-order valence-corrected chi connectivity index (χ3v) is 4.93. The van der Waals surface area contributed by atoms with Crippen LogP contribution < -0.4 is 9.47 Å². The molecule has 0 amide bonds. The fourth-order valence-corrected chi connectivity index (χ4v) is 3.79. The molecular weight excluding hydrogens is 397 g/mol. The molecule has 4 rings (SSSR count). The highest BCUT2D eigenvalue weighted by Crippen LogP contribution is 2.42. The number of aromatic nitrogens is 2. The molecule has 0 N–H and O–H groups in total. The number of hydrogen-bond donors (Lipinski definition) is 0. The van der Waals surface area contributed by atoms with E-state index < -0.39 is 11.7 Å². The third kappa shape index (κ3) is 2.43. The summed E-state index contributed by atoms with van der Waals surface area (Å²) in [4.78, 5) is 4.52. The maximum Gasteiger partial charge on any atom is 0.417 e. The van der Waals surface area contributed by atoms with Gasteiger partial charge in [0.15, 0.2) is 11.5 Å². The van der Waals surface area contributed by atoms with Gasteiger partial charge < -0.3 is 9.47 Å². The molecule has 2 aromatic heterocycles. The number of fused-ring (bicyclic) bond motifs is 2. The summed E-state index contributed by atoms with van der Waals surface area (Å²) in [7, 11) is 0. The monoisotopic (exact) mass is 402 g/mol. The van der Waals surface area contributed by atoms with Crippen LogP contribution in [0.4, 0.5) is 13.2 Å². The molecule has 0 saturated heterocycles. The number of nitrogens with zero attached hydrogens (tertiary/aromatic N) is 2. The number of halogens is 4. The Kier molecular flexibility index (Phi) is 3.24. The van der Waals surface area contributed by atoms with Gasteiger partial charge in [-0.05, 0) is 51.7 Å². The lowest BCUT2D eigenvalue weighted by Crippen LogP contribution is -2.06. The van der Waals surface area contributed by atoms with Gasteiger partial charge in [-0.3, -0.25) is 0 Å². The van der Waals surface area contributed by atoms with Gasteiger partial charge in [0.2, 0.25) is 6.79 Å². The Morgan fingerprint density at radius 2 is 1.91 bits per heavy atom. The van der Waals surface area contributed by atoms with Crippen LogP contribution in [0.3, 0.4) is 0 Å². The molecule has 3 heterocycles. The number of alkyl halides is 3. The summed E-state index contributed by atoms with van der Waals surface area (Å²) < 4.78 is 54.6. The van der Waals surface area contributed by atoms with Crippen molar-refractivity contribution in [2.45, 2.75) is 6.18 Å². The first-order valence-electron chi connectivity index (χ1n) is 6.36. The lowest BCUT2D eigenvalue weighted by molar-refractivity contribution is -0.136. The summed E-state index contributed by atoms with van der Waals surface area (Å²) in [6.07, 6.45) is -4.50. The van der Waals surface area contributed by atoms with Crippen molar-refractivity contribution < 1.29 is 22.6 Å². The van der Waals surface area contributed by atoms with Gasteiger partial charge in [-0.15, -0.1) is 0 Å². The molecule has 1 aliphatic rings. The van der Waals surface area contributed by atoms with E-state index in [2.05, 4.69) is 25.3 Å². The molecule has 1 aromatic carbocycles. The first-order valence-corrected chi connectivity index (χ1v) is 7.93. The van der Waals surface area contributed by atoms with Crippen LogP contribution in [0.2, 0.25) is 0 Å². The first-order chi connectivity index (χ1) is 10.9. The summed E-state index contributed by atoms with van der Waals surface area (Å²) in [5.74, 6) is 1.05. The molecule has 3 aromatic rings. The summed E-state index contributed by atoms with van der Waals surface area (Å²) in [5.41, 5.74) is -0.0405. The van der Waals surface area contributed by atoms with E-state index in [1.165, 1.54) is 0 Å². The summed E-state index contributed by atoms with van der Waals surface area (Å²) in [6, 6.07) is 5.95. The molecule has 23 heavy (non-hydrogen) atoms. The molecule has 9 heteroatoms. The lowest BCUT2D eigenvalue weighted by atomic mass is 10.1.